The SMILES string of the molecule is CCCCCOC1=CN1C. The molecule has 0 spiro atoms. The highest BCUT2D eigenvalue weighted by molar-refractivity contribution is 5.09. The molecule has 2 heteroatoms. The Morgan fingerprint density at radius 2 is 2.20 bits per heavy atom. The summed E-state index contributed by atoms with van der Waals surface area (Å²) in [6, 6.07) is 0. The Kier molecular flexibility index (Phi) is 2.60. The Morgan fingerprint density at radius 3 is 2.70 bits per heavy atom. The molecule has 1 aliphatic heterocycles. The normalized spacial score (nSPS) is 15.0. The van der Waals surface area contributed by atoms with Gasteiger partial charge in [0.2, 0.25) is 5.88 Å². The molecular formula is C8H15NO. The lowest BCUT2D eigenvalue weighted by Crippen LogP contribution is -1.94. The summed E-state index contributed by atoms with van der Waals surface area (Å²) in [5.74, 6) is 1.04. The molecule has 1 aliphatic rings. The Balaban J connectivity index is 1.83. The van der Waals surface area contributed by atoms with Gasteiger partial charge >= 0.3 is 0 Å². The van der Waals surface area contributed by atoms with E-state index in [9.17, 15) is 0 Å². The van der Waals surface area contributed by atoms with Gasteiger partial charge in [-0.15, -0.1) is 0 Å². The largest absolute Gasteiger partial charge is 0.478 e. The lowest BCUT2D eigenvalue weighted by atomic mass is 10.3. The van der Waals surface area contributed by atoms with Gasteiger partial charge in [0.05, 0.1) is 12.8 Å². The van der Waals surface area contributed by atoms with Crippen molar-refractivity contribution in [3.05, 3.63) is 12.1 Å². The van der Waals surface area contributed by atoms with Crippen LogP contribution in [0.25, 0.3) is 0 Å². The van der Waals surface area contributed by atoms with Gasteiger partial charge in [-0.05, 0) is 6.42 Å². The molecule has 2 nitrogen and oxygen atoms in total. The molecule has 1 rings (SSSR count). The van der Waals surface area contributed by atoms with E-state index in [2.05, 4.69) is 6.92 Å². The highest BCUT2D eigenvalue weighted by Crippen LogP contribution is 2.18. The average Bonchev–Trinajstić information content (AvgIpc) is 2.60. The summed E-state index contributed by atoms with van der Waals surface area (Å²) in [6.07, 6.45) is 5.71. The molecule has 0 unspecified atom stereocenters. The maximum atomic E-state index is 5.35. The van der Waals surface area contributed by atoms with Gasteiger partial charge < -0.3 is 9.64 Å². The molecule has 0 aromatic rings. The second kappa shape index (κ2) is 3.49. The summed E-state index contributed by atoms with van der Waals surface area (Å²) in [6.45, 7) is 3.08. The average molecular weight is 141 g/mol. The number of hydrogen-bond donors (Lipinski definition) is 0. The van der Waals surface area contributed by atoms with Crippen molar-refractivity contribution in [3.8, 4) is 0 Å². The number of nitrogens with zero attached hydrogens (tertiary/aromatic N) is 1. The first-order chi connectivity index (χ1) is 4.84. The lowest BCUT2D eigenvalue weighted by Gasteiger charge is -2.00. The molecule has 0 bridgehead atoms. The third-order valence-electron chi connectivity index (χ3n) is 1.58. The molecule has 0 radical (unpaired) electrons. The smallest absolute Gasteiger partial charge is 0.210 e. The van der Waals surface area contributed by atoms with Crippen molar-refractivity contribution in [3.63, 3.8) is 0 Å². The number of rotatable bonds is 5. The van der Waals surface area contributed by atoms with Gasteiger partial charge in [0, 0.05) is 7.05 Å². The molecule has 0 atom stereocenters. The van der Waals surface area contributed by atoms with Crippen molar-refractivity contribution in [1.82, 2.24) is 4.90 Å². The predicted octanol–water partition coefficient (Wildman–Crippen LogP) is 1.94. The third kappa shape index (κ3) is 2.29. The molecule has 0 saturated carbocycles. The van der Waals surface area contributed by atoms with E-state index in [1.807, 2.05) is 18.1 Å². The van der Waals surface area contributed by atoms with Gasteiger partial charge in [-0.3, -0.25) is 0 Å². The zero-order valence-corrected chi connectivity index (χ0v) is 6.76. The highest BCUT2D eigenvalue weighted by atomic mass is 16.5. The van der Waals surface area contributed by atoms with E-state index in [4.69, 9.17) is 4.74 Å². The van der Waals surface area contributed by atoms with Gasteiger partial charge in [-0.1, -0.05) is 19.8 Å². The zero-order chi connectivity index (χ0) is 7.40. The molecular weight excluding hydrogens is 126 g/mol. The van der Waals surface area contributed by atoms with Gasteiger partial charge in [-0.25, -0.2) is 0 Å². The summed E-state index contributed by atoms with van der Waals surface area (Å²) >= 11 is 0. The molecule has 0 saturated heterocycles. The molecule has 0 amide bonds. The fourth-order valence-electron chi connectivity index (χ4n) is 0.805. The molecule has 0 fully saturated rings. The first kappa shape index (κ1) is 7.45. The highest BCUT2D eigenvalue weighted by Gasteiger charge is 2.15. The van der Waals surface area contributed by atoms with Crippen molar-refractivity contribution in [2.24, 2.45) is 0 Å². The number of ether oxygens (including phenoxy) is 1. The van der Waals surface area contributed by atoms with Crippen molar-refractivity contribution in [1.29, 1.82) is 0 Å². The summed E-state index contributed by atoms with van der Waals surface area (Å²) in [5.41, 5.74) is 0. The Bertz CT molecular complexity index is 131. The molecule has 0 aromatic carbocycles. The summed E-state index contributed by atoms with van der Waals surface area (Å²) in [5, 5.41) is 0. The minimum absolute atomic E-state index is 0.879. The fraction of sp³-hybridized carbons (Fsp3) is 0.750. The van der Waals surface area contributed by atoms with Crippen molar-refractivity contribution < 1.29 is 4.74 Å². The predicted molar refractivity (Wildman–Crippen MR) is 41.3 cm³/mol. The summed E-state index contributed by atoms with van der Waals surface area (Å²) < 4.78 is 5.35. The number of hydrogen-bond acceptors (Lipinski definition) is 2. The zero-order valence-electron chi connectivity index (χ0n) is 6.76. The van der Waals surface area contributed by atoms with Crippen LogP contribution in [0.5, 0.6) is 0 Å². The maximum Gasteiger partial charge on any atom is 0.210 e. The van der Waals surface area contributed by atoms with Crippen LogP contribution in [0.15, 0.2) is 12.1 Å². The van der Waals surface area contributed by atoms with Crippen LogP contribution in [0.2, 0.25) is 0 Å². The molecule has 1 heterocycles. The molecule has 0 N–H and O–H groups in total. The monoisotopic (exact) mass is 141 g/mol. The van der Waals surface area contributed by atoms with Crippen LogP contribution >= 0.6 is 0 Å². The van der Waals surface area contributed by atoms with Crippen LogP contribution in [-0.2, 0) is 4.74 Å². The van der Waals surface area contributed by atoms with Gasteiger partial charge in [0.25, 0.3) is 0 Å². The Labute approximate surface area is 62.5 Å². The van der Waals surface area contributed by atoms with Gasteiger partial charge in [0.15, 0.2) is 0 Å². The van der Waals surface area contributed by atoms with E-state index in [1.54, 1.807) is 0 Å². The minimum atomic E-state index is 0.879. The van der Waals surface area contributed by atoms with Crippen LogP contribution in [0.1, 0.15) is 26.2 Å². The maximum absolute atomic E-state index is 5.35. The van der Waals surface area contributed by atoms with Crippen LogP contribution < -0.4 is 0 Å². The first-order valence-electron chi connectivity index (χ1n) is 3.92. The topological polar surface area (TPSA) is 12.2 Å². The fourth-order valence-corrected chi connectivity index (χ4v) is 0.805. The van der Waals surface area contributed by atoms with Crippen molar-refractivity contribution in [2.45, 2.75) is 26.2 Å². The minimum Gasteiger partial charge on any atom is -0.478 e. The van der Waals surface area contributed by atoms with Crippen LogP contribution in [-0.4, -0.2) is 18.6 Å². The van der Waals surface area contributed by atoms with E-state index in [0.29, 0.717) is 0 Å². The van der Waals surface area contributed by atoms with Crippen molar-refractivity contribution in [2.75, 3.05) is 13.7 Å². The molecule has 0 aliphatic carbocycles. The standard InChI is InChI=1S/C8H15NO/c1-3-4-5-6-10-8-7-9(8)2/h7H,3-6H2,1-2H3. The second-order valence-electron chi connectivity index (χ2n) is 2.63. The van der Waals surface area contributed by atoms with E-state index >= 15 is 0 Å². The summed E-state index contributed by atoms with van der Waals surface area (Å²) in [4.78, 5) is 1.99. The van der Waals surface area contributed by atoms with Crippen LogP contribution in [0.3, 0.4) is 0 Å². The quantitative estimate of drug-likeness (QED) is 0.542. The lowest BCUT2D eigenvalue weighted by molar-refractivity contribution is 0.189. The third-order valence-corrected chi connectivity index (χ3v) is 1.58. The van der Waals surface area contributed by atoms with Crippen LogP contribution in [0.4, 0.5) is 0 Å². The molecule has 10 heavy (non-hydrogen) atoms. The molecule has 0 aromatic heterocycles. The molecule has 58 valence electrons. The van der Waals surface area contributed by atoms with E-state index in [0.717, 1.165) is 12.5 Å². The van der Waals surface area contributed by atoms with Gasteiger partial charge in [0.1, 0.15) is 0 Å². The Morgan fingerprint density at radius 1 is 1.50 bits per heavy atom. The summed E-state index contributed by atoms with van der Waals surface area (Å²) in [7, 11) is 2.00. The van der Waals surface area contributed by atoms with E-state index < -0.39 is 0 Å². The Hall–Kier alpha value is -0.660. The van der Waals surface area contributed by atoms with E-state index in [-0.39, 0.29) is 0 Å². The van der Waals surface area contributed by atoms with Gasteiger partial charge in [-0.2, -0.15) is 0 Å². The first-order valence-corrected chi connectivity index (χ1v) is 3.92. The van der Waals surface area contributed by atoms with E-state index in [1.165, 1.54) is 19.3 Å². The number of unbranched alkanes of at least 4 members (excludes halogenated alkanes) is 2. The van der Waals surface area contributed by atoms with Crippen molar-refractivity contribution >= 4 is 0 Å². The van der Waals surface area contributed by atoms with Crippen LogP contribution in [0, 0.1) is 0 Å². The second-order valence-corrected chi connectivity index (χ2v) is 2.63.